The molecule has 1 aromatic rings. The standard InChI is InChI=1S/C13H21BrN2O2S/c1-11-6-7-12(14)10-13(11)19(17,18)15-8-4-5-9-16(2)3/h6-7,10,15H,4-5,8-9H2,1-3H3. The van der Waals surface area contributed by atoms with E-state index in [1.54, 1.807) is 19.1 Å². The normalized spacial score (nSPS) is 12.1. The van der Waals surface area contributed by atoms with Crippen molar-refractivity contribution in [3.8, 4) is 0 Å². The molecule has 0 radical (unpaired) electrons. The highest BCUT2D eigenvalue weighted by Gasteiger charge is 2.16. The maximum atomic E-state index is 12.2. The largest absolute Gasteiger partial charge is 0.309 e. The summed E-state index contributed by atoms with van der Waals surface area (Å²) in [6.45, 7) is 3.24. The van der Waals surface area contributed by atoms with Gasteiger partial charge in [0, 0.05) is 11.0 Å². The highest BCUT2D eigenvalue weighted by molar-refractivity contribution is 9.10. The summed E-state index contributed by atoms with van der Waals surface area (Å²) in [7, 11) is 0.610. The topological polar surface area (TPSA) is 49.4 Å². The van der Waals surface area contributed by atoms with Crippen LogP contribution in [0, 0.1) is 6.92 Å². The Labute approximate surface area is 124 Å². The van der Waals surface area contributed by atoms with Crippen molar-refractivity contribution in [3.63, 3.8) is 0 Å². The van der Waals surface area contributed by atoms with Gasteiger partial charge < -0.3 is 4.90 Å². The molecule has 0 atom stereocenters. The molecular formula is C13H21BrN2O2S. The highest BCUT2D eigenvalue weighted by atomic mass is 79.9. The zero-order valence-electron chi connectivity index (χ0n) is 11.6. The summed E-state index contributed by atoms with van der Waals surface area (Å²) in [5.41, 5.74) is 0.754. The molecule has 0 heterocycles. The van der Waals surface area contributed by atoms with Gasteiger partial charge in [0.1, 0.15) is 0 Å². The molecule has 1 rings (SSSR count). The molecule has 19 heavy (non-hydrogen) atoms. The van der Waals surface area contributed by atoms with Gasteiger partial charge in [-0.15, -0.1) is 0 Å². The molecule has 0 aliphatic rings. The fraction of sp³-hybridized carbons (Fsp3) is 0.538. The monoisotopic (exact) mass is 348 g/mol. The van der Waals surface area contributed by atoms with Crippen LogP contribution in [0.15, 0.2) is 27.6 Å². The van der Waals surface area contributed by atoms with Crippen molar-refractivity contribution < 1.29 is 8.42 Å². The van der Waals surface area contributed by atoms with Crippen LogP contribution >= 0.6 is 15.9 Å². The Morgan fingerprint density at radius 1 is 1.26 bits per heavy atom. The van der Waals surface area contributed by atoms with Crippen LogP contribution in [0.25, 0.3) is 0 Å². The smallest absolute Gasteiger partial charge is 0.240 e. The van der Waals surface area contributed by atoms with Crippen LogP contribution in [0.1, 0.15) is 18.4 Å². The summed E-state index contributed by atoms with van der Waals surface area (Å²) in [6.07, 6.45) is 1.82. The van der Waals surface area contributed by atoms with Crippen molar-refractivity contribution in [3.05, 3.63) is 28.2 Å². The van der Waals surface area contributed by atoms with Gasteiger partial charge in [-0.25, -0.2) is 13.1 Å². The summed E-state index contributed by atoms with van der Waals surface area (Å²) in [6, 6.07) is 5.27. The first kappa shape index (κ1) is 16.6. The molecule has 0 amide bonds. The van der Waals surface area contributed by atoms with E-state index in [9.17, 15) is 8.42 Å². The van der Waals surface area contributed by atoms with Crippen LogP contribution in [-0.4, -0.2) is 40.5 Å². The van der Waals surface area contributed by atoms with Gasteiger partial charge in [0.25, 0.3) is 0 Å². The number of aryl methyl sites for hydroxylation is 1. The molecule has 0 aromatic heterocycles. The summed E-state index contributed by atoms with van der Waals surface area (Å²) < 4.78 is 27.7. The number of nitrogens with one attached hydrogen (secondary N) is 1. The van der Waals surface area contributed by atoms with E-state index in [1.165, 1.54) is 0 Å². The fourth-order valence-corrected chi connectivity index (χ4v) is 3.56. The minimum atomic E-state index is -3.41. The quantitative estimate of drug-likeness (QED) is 0.769. The molecule has 0 fully saturated rings. The molecule has 0 unspecified atom stereocenters. The van der Waals surface area contributed by atoms with E-state index >= 15 is 0 Å². The third kappa shape index (κ3) is 5.60. The second kappa shape index (κ2) is 7.38. The van der Waals surface area contributed by atoms with Crippen molar-refractivity contribution in [1.29, 1.82) is 0 Å². The van der Waals surface area contributed by atoms with E-state index in [2.05, 4.69) is 25.6 Å². The van der Waals surface area contributed by atoms with Crippen molar-refractivity contribution in [1.82, 2.24) is 9.62 Å². The van der Waals surface area contributed by atoms with Gasteiger partial charge >= 0.3 is 0 Å². The van der Waals surface area contributed by atoms with Gasteiger partial charge in [-0.1, -0.05) is 22.0 Å². The third-order valence-corrected chi connectivity index (χ3v) is 4.86. The average Bonchev–Trinajstić information content (AvgIpc) is 2.31. The molecule has 1 aromatic carbocycles. The van der Waals surface area contributed by atoms with E-state index in [-0.39, 0.29) is 0 Å². The lowest BCUT2D eigenvalue weighted by molar-refractivity contribution is 0.394. The Bertz CT molecular complexity index is 515. The Morgan fingerprint density at radius 3 is 2.58 bits per heavy atom. The van der Waals surface area contributed by atoms with Crippen LogP contribution < -0.4 is 4.72 Å². The van der Waals surface area contributed by atoms with E-state index in [4.69, 9.17) is 0 Å². The van der Waals surface area contributed by atoms with Crippen LogP contribution in [0.4, 0.5) is 0 Å². The minimum Gasteiger partial charge on any atom is -0.309 e. The van der Waals surface area contributed by atoms with Crippen molar-refractivity contribution in [2.75, 3.05) is 27.2 Å². The molecule has 0 saturated heterocycles. The Morgan fingerprint density at radius 2 is 1.95 bits per heavy atom. The number of hydrogen-bond donors (Lipinski definition) is 1. The molecule has 1 N–H and O–H groups in total. The van der Waals surface area contributed by atoms with Gasteiger partial charge in [-0.2, -0.15) is 0 Å². The number of halogens is 1. The van der Waals surface area contributed by atoms with E-state index in [1.807, 2.05) is 20.2 Å². The van der Waals surface area contributed by atoms with Crippen molar-refractivity contribution in [2.45, 2.75) is 24.7 Å². The van der Waals surface area contributed by atoms with Gasteiger partial charge in [0.2, 0.25) is 10.0 Å². The van der Waals surface area contributed by atoms with Crippen LogP contribution in [0.2, 0.25) is 0 Å². The number of rotatable bonds is 7. The predicted octanol–water partition coefficient (Wildman–Crippen LogP) is 2.38. The lowest BCUT2D eigenvalue weighted by Crippen LogP contribution is -2.26. The second-order valence-electron chi connectivity index (χ2n) is 4.82. The molecule has 108 valence electrons. The van der Waals surface area contributed by atoms with Gasteiger partial charge in [-0.3, -0.25) is 0 Å². The van der Waals surface area contributed by atoms with E-state index in [0.717, 1.165) is 29.4 Å². The predicted molar refractivity (Wildman–Crippen MR) is 81.9 cm³/mol. The number of nitrogens with zero attached hydrogens (tertiary/aromatic N) is 1. The molecule has 0 spiro atoms. The molecule has 4 nitrogen and oxygen atoms in total. The molecule has 0 aliphatic carbocycles. The Hall–Kier alpha value is -0.430. The van der Waals surface area contributed by atoms with Crippen molar-refractivity contribution in [2.24, 2.45) is 0 Å². The fourth-order valence-electron chi connectivity index (χ4n) is 1.70. The van der Waals surface area contributed by atoms with Gasteiger partial charge in [-0.05, 0) is 58.1 Å². The molecule has 0 bridgehead atoms. The lowest BCUT2D eigenvalue weighted by atomic mass is 10.2. The number of benzene rings is 1. The first-order chi connectivity index (χ1) is 8.83. The maximum absolute atomic E-state index is 12.2. The first-order valence-electron chi connectivity index (χ1n) is 6.23. The lowest BCUT2D eigenvalue weighted by Gasteiger charge is -2.11. The van der Waals surface area contributed by atoms with E-state index in [0.29, 0.717) is 11.4 Å². The summed E-state index contributed by atoms with van der Waals surface area (Å²) >= 11 is 3.30. The van der Waals surface area contributed by atoms with Crippen molar-refractivity contribution >= 4 is 26.0 Å². The Kier molecular flexibility index (Phi) is 6.46. The SMILES string of the molecule is Cc1ccc(Br)cc1S(=O)(=O)NCCCCN(C)C. The zero-order chi connectivity index (χ0) is 14.5. The molecule has 6 heteroatoms. The number of sulfonamides is 1. The summed E-state index contributed by atoms with van der Waals surface area (Å²) in [5.74, 6) is 0. The third-order valence-electron chi connectivity index (χ3n) is 2.76. The number of hydrogen-bond acceptors (Lipinski definition) is 3. The van der Waals surface area contributed by atoms with Gasteiger partial charge in [0.15, 0.2) is 0 Å². The van der Waals surface area contributed by atoms with Gasteiger partial charge in [0.05, 0.1) is 4.90 Å². The highest BCUT2D eigenvalue weighted by Crippen LogP contribution is 2.20. The average molecular weight is 349 g/mol. The summed E-state index contributed by atoms with van der Waals surface area (Å²) in [5, 5.41) is 0. The molecule has 0 saturated carbocycles. The summed E-state index contributed by atoms with van der Waals surface area (Å²) in [4.78, 5) is 2.43. The zero-order valence-corrected chi connectivity index (χ0v) is 14.0. The molecule has 0 aliphatic heterocycles. The molecular weight excluding hydrogens is 328 g/mol. The van der Waals surface area contributed by atoms with Crippen LogP contribution in [0.5, 0.6) is 0 Å². The first-order valence-corrected chi connectivity index (χ1v) is 8.51. The minimum absolute atomic E-state index is 0.342. The van der Waals surface area contributed by atoms with E-state index < -0.39 is 10.0 Å². The van der Waals surface area contributed by atoms with Crippen LogP contribution in [0.3, 0.4) is 0 Å². The maximum Gasteiger partial charge on any atom is 0.240 e. The Balaban J connectivity index is 2.59. The number of unbranched alkanes of at least 4 members (excludes halogenated alkanes) is 1. The van der Waals surface area contributed by atoms with Crippen LogP contribution in [-0.2, 0) is 10.0 Å². The second-order valence-corrected chi connectivity index (χ2v) is 7.47.